The fourth-order valence-electron chi connectivity index (χ4n) is 1.60. The Hall–Kier alpha value is -2.90. The van der Waals surface area contributed by atoms with Gasteiger partial charge < -0.3 is 21.3 Å². The van der Waals surface area contributed by atoms with Gasteiger partial charge in [0.25, 0.3) is 0 Å². The number of amides is 3. The minimum Gasteiger partial charge on any atom is -0.384 e. The SMILES string of the molecule is CN(C)C(=O)CC(=O)NCC(=O)NCc1ccc(C(=N)N)cc1. The lowest BCUT2D eigenvalue weighted by atomic mass is 10.1. The Morgan fingerprint density at radius 1 is 1.09 bits per heavy atom. The minimum atomic E-state index is -0.496. The molecular formula is C15H21N5O3. The smallest absolute Gasteiger partial charge is 0.239 e. The second kappa shape index (κ2) is 8.52. The summed E-state index contributed by atoms with van der Waals surface area (Å²) in [5.74, 6) is -1.19. The summed E-state index contributed by atoms with van der Waals surface area (Å²) < 4.78 is 0. The van der Waals surface area contributed by atoms with Crippen molar-refractivity contribution in [2.45, 2.75) is 13.0 Å². The van der Waals surface area contributed by atoms with Crippen LogP contribution in [0.15, 0.2) is 24.3 Å². The molecule has 8 heteroatoms. The van der Waals surface area contributed by atoms with Crippen LogP contribution in [0.3, 0.4) is 0 Å². The fourth-order valence-corrected chi connectivity index (χ4v) is 1.60. The lowest BCUT2D eigenvalue weighted by molar-refractivity contribution is -0.135. The number of carbonyl (C=O) groups excluding carboxylic acids is 3. The van der Waals surface area contributed by atoms with E-state index in [1.54, 1.807) is 38.4 Å². The first kappa shape index (κ1) is 18.1. The topological polar surface area (TPSA) is 128 Å². The van der Waals surface area contributed by atoms with Crippen LogP contribution in [0.2, 0.25) is 0 Å². The van der Waals surface area contributed by atoms with E-state index in [2.05, 4.69) is 10.6 Å². The Morgan fingerprint density at radius 3 is 2.22 bits per heavy atom. The quantitative estimate of drug-likeness (QED) is 0.297. The van der Waals surface area contributed by atoms with Crippen LogP contribution in [0.25, 0.3) is 0 Å². The van der Waals surface area contributed by atoms with Crippen molar-refractivity contribution in [2.24, 2.45) is 5.73 Å². The van der Waals surface area contributed by atoms with Gasteiger partial charge in [-0.2, -0.15) is 0 Å². The predicted molar refractivity (Wildman–Crippen MR) is 85.6 cm³/mol. The first-order valence-electron chi connectivity index (χ1n) is 6.96. The molecule has 0 fully saturated rings. The Morgan fingerprint density at radius 2 is 1.70 bits per heavy atom. The van der Waals surface area contributed by atoms with E-state index in [-0.39, 0.29) is 30.6 Å². The number of nitrogens with two attached hydrogens (primary N) is 1. The molecule has 23 heavy (non-hydrogen) atoms. The Kier molecular flexibility index (Phi) is 6.72. The van der Waals surface area contributed by atoms with Crippen LogP contribution in [0.5, 0.6) is 0 Å². The highest BCUT2D eigenvalue weighted by Gasteiger charge is 2.12. The summed E-state index contributed by atoms with van der Waals surface area (Å²) in [6.07, 6.45) is -0.285. The Bertz CT molecular complexity index is 596. The van der Waals surface area contributed by atoms with Gasteiger partial charge in [0.05, 0.1) is 6.54 Å². The third kappa shape index (κ3) is 6.60. The van der Waals surface area contributed by atoms with Crippen LogP contribution >= 0.6 is 0 Å². The third-order valence-corrected chi connectivity index (χ3v) is 3.01. The molecule has 0 atom stereocenters. The highest BCUT2D eigenvalue weighted by molar-refractivity contribution is 5.98. The molecule has 0 unspecified atom stereocenters. The molecule has 0 radical (unpaired) electrons. The minimum absolute atomic E-state index is 0.0180. The van der Waals surface area contributed by atoms with E-state index in [4.69, 9.17) is 11.1 Å². The Balaban J connectivity index is 2.33. The monoisotopic (exact) mass is 319 g/mol. The molecule has 1 aromatic carbocycles. The molecule has 0 bridgehead atoms. The molecule has 3 amide bonds. The molecule has 124 valence electrons. The van der Waals surface area contributed by atoms with Crippen molar-refractivity contribution in [3.05, 3.63) is 35.4 Å². The number of nitrogens with zero attached hydrogens (tertiary/aromatic N) is 1. The first-order valence-corrected chi connectivity index (χ1v) is 6.96. The normalized spacial score (nSPS) is 9.83. The van der Waals surface area contributed by atoms with Gasteiger partial charge in [-0.1, -0.05) is 24.3 Å². The van der Waals surface area contributed by atoms with Gasteiger partial charge >= 0.3 is 0 Å². The number of benzene rings is 1. The molecule has 0 saturated heterocycles. The van der Waals surface area contributed by atoms with E-state index in [9.17, 15) is 14.4 Å². The lowest BCUT2D eigenvalue weighted by Gasteiger charge is -2.10. The van der Waals surface area contributed by atoms with Crippen LogP contribution in [0, 0.1) is 5.41 Å². The van der Waals surface area contributed by atoms with Gasteiger partial charge in [-0.3, -0.25) is 19.8 Å². The van der Waals surface area contributed by atoms with Gasteiger partial charge in [0.2, 0.25) is 17.7 Å². The fraction of sp³-hybridized carbons (Fsp3) is 0.333. The van der Waals surface area contributed by atoms with E-state index in [0.29, 0.717) is 12.1 Å². The van der Waals surface area contributed by atoms with Crippen molar-refractivity contribution in [3.8, 4) is 0 Å². The van der Waals surface area contributed by atoms with Gasteiger partial charge in [-0.15, -0.1) is 0 Å². The molecule has 1 rings (SSSR count). The maximum atomic E-state index is 11.6. The Labute approximate surface area is 134 Å². The molecule has 0 aliphatic carbocycles. The zero-order chi connectivity index (χ0) is 17.4. The molecular weight excluding hydrogens is 298 g/mol. The number of rotatable bonds is 7. The summed E-state index contributed by atoms with van der Waals surface area (Å²) in [5, 5.41) is 12.3. The maximum Gasteiger partial charge on any atom is 0.239 e. The van der Waals surface area contributed by atoms with Crippen molar-refractivity contribution in [3.63, 3.8) is 0 Å². The van der Waals surface area contributed by atoms with Crippen LogP contribution in [-0.2, 0) is 20.9 Å². The second-order valence-electron chi connectivity index (χ2n) is 5.13. The van der Waals surface area contributed by atoms with Gasteiger partial charge in [0, 0.05) is 26.2 Å². The molecule has 0 spiro atoms. The van der Waals surface area contributed by atoms with Gasteiger partial charge in [-0.25, -0.2) is 0 Å². The van der Waals surface area contributed by atoms with Crippen molar-refractivity contribution in [2.75, 3.05) is 20.6 Å². The van der Waals surface area contributed by atoms with Crippen molar-refractivity contribution in [1.29, 1.82) is 5.41 Å². The molecule has 0 aliphatic heterocycles. The zero-order valence-electron chi connectivity index (χ0n) is 13.2. The van der Waals surface area contributed by atoms with E-state index in [1.807, 2.05) is 0 Å². The molecule has 0 aromatic heterocycles. The molecule has 1 aromatic rings. The van der Waals surface area contributed by atoms with Gasteiger partial charge in [-0.05, 0) is 5.56 Å². The summed E-state index contributed by atoms with van der Waals surface area (Å²) in [4.78, 5) is 35.7. The van der Waals surface area contributed by atoms with Crippen molar-refractivity contribution < 1.29 is 14.4 Å². The summed E-state index contributed by atoms with van der Waals surface area (Å²) >= 11 is 0. The van der Waals surface area contributed by atoms with E-state index >= 15 is 0 Å². The predicted octanol–water partition coefficient (Wildman–Crippen LogP) is -0.819. The van der Waals surface area contributed by atoms with E-state index in [0.717, 1.165) is 5.56 Å². The third-order valence-electron chi connectivity index (χ3n) is 3.01. The second-order valence-corrected chi connectivity index (χ2v) is 5.13. The number of amidine groups is 1. The first-order chi connectivity index (χ1) is 10.8. The summed E-state index contributed by atoms with van der Waals surface area (Å²) in [6.45, 7) is 0.106. The van der Waals surface area contributed by atoms with Crippen LogP contribution in [0.4, 0.5) is 0 Å². The molecule has 0 saturated carbocycles. The highest BCUT2D eigenvalue weighted by atomic mass is 16.2. The van der Waals surface area contributed by atoms with Crippen LogP contribution in [-0.4, -0.2) is 49.1 Å². The van der Waals surface area contributed by atoms with Crippen LogP contribution in [0.1, 0.15) is 17.5 Å². The van der Waals surface area contributed by atoms with Crippen molar-refractivity contribution >= 4 is 23.6 Å². The van der Waals surface area contributed by atoms with E-state index in [1.165, 1.54) is 4.90 Å². The van der Waals surface area contributed by atoms with E-state index < -0.39 is 5.91 Å². The lowest BCUT2D eigenvalue weighted by Crippen LogP contribution is -2.38. The largest absolute Gasteiger partial charge is 0.384 e. The standard InChI is InChI=1S/C15H21N5O3/c1-20(2)14(23)7-12(21)19-9-13(22)18-8-10-3-5-11(6-4-10)15(16)17/h3-6H,7-9H2,1-2H3,(H3,16,17)(H,18,22)(H,19,21). The summed E-state index contributed by atoms with van der Waals surface area (Å²) in [6, 6.07) is 6.90. The summed E-state index contributed by atoms with van der Waals surface area (Å²) in [5.41, 5.74) is 6.81. The zero-order valence-corrected chi connectivity index (χ0v) is 13.2. The molecule has 8 nitrogen and oxygen atoms in total. The average molecular weight is 319 g/mol. The summed E-state index contributed by atoms with van der Waals surface area (Å²) in [7, 11) is 3.11. The van der Waals surface area contributed by atoms with Gasteiger partial charge in [0.1, 0.15) is 12.3 Å². The van der Waals surface area contributed by atoms with Crippen LogP contribution < -0.4 is 16.4 Å². The number of nitrogen functional groups attached to an aromatic ring is 1. The number of nitrogens with one attached hydrogen (secondary N) is 3. The van der Waals surface area contributed by atoms with Gasteiger partial charge in [0.15, 0.2) is 0 Å². The number of hydrogen-bond acceptors (Lipinski definition) is 4. The maximum absolute atomic E-state index is 11.6. The number of carbonyl (C=O) groups is 3. The molecule has 5 N–H and O–H groups in total. The molecule has 0 heterocycles. The van der Waals surface area contributed by atoms with Crippen molar-refractivity contribution in [1.82, 2.24) is 15.5 Å². The average Bonchev–Trinajstić information content (AvgIpc) is 2.51. The molecule has 0 aliphatic rings. The highest BCUT2D eigenvalue weighted by Crippen LogP contribution is 2.03. The number of hydrogen-bond donors (Lipinski definition) is 4.